The van der Waals surface area contributed by atoms with Crippen molar-refractivity contribution in [2.75, 3.05) is 0 Å². The molecule has 2 rings (SSSR count). The van der Waals surface area contributed by atoms with E-state index in [1.165, 1.54) is 16.7 Å². The summed E-state index contributed by atoms with van der Waals surface area (Å²) in [5.74, 6) is 1.25. The lowest BCUT2D eigenvalue weighted by atomic mass is 10.0. The summed E-state index contributed by atoms with van der Waals surface area (Å²) in [5, 5.41) is 0.810. The van der Waals surface area contributed by atoms with Crippen LogP contribution in [0.4, 0.5) is 0 Å². The maximum atomic E-state index is 5.72. The third-order valence-corrected chi connectivity index (χ3v) is 3.53. The zero-order valence-corrected chi connectivity index (χ0v) is 13.9. The van der Waals surface area contributed by atoms with Crippen molar-refractivity contribution < 1.29 is 0 Å². The molecule has 0 spiro atoms. The third kappa shape index (κ3) is 7.34. The minimum Gasteiger partial charge on any atom is -0.0843 e. The Morgan fingerprint density at radius 2 is 1.00 bits per heavy atom. The monoisotopic (exact) mass is 304 g/mol. The fourth-order valence-corrected chi connectivity index (χ4v) is 1.93. The van der Waals surface area contributed by atoms with Gasteiger partial charge in [-0.3, -0.25) is 0 Å². The van der Waals surface area contributed by atoms with E-state index in [0.29, 0.717) is 11.8 Å². The first kappa shape index (κ1) is 19.7. The maximum absolute atomic E-state index is 5.72. The Morgan fingerprint density at radius 3 is 1.33 bits per heavy atom. The second kappa shape index (κ2) is 9.63. The molecule has 0 heterocycles. The van der Waals surface area contributed by atoms with E-state index in [2.05, 4.69) is 71.0 Å². The van der Waals surface area contributed by atoms with Gasteiger partial charge in [0.05, 0.1) is 0 Å². The Balaban J connectivity index is 0.000000364. The van der Waals surface area contributed by atoms with Gasteiger partial charge in [0.15, 0.2) is 0 Å². The van der Waals surface area contributed by atoms with E-state index in [4.69, 9.17) is 11.6 Å². The summed E-state index contributed by atoms with van der Waals surface area (Å²) in [6, 6.07) is 16.7. The van der Waals surface area contributed by atoms with Gasteiger partial charge in [0.2, 0.25) is 0 Å². The van der Waals surface area contributed by atoms with Crippen LogP contribution in [-0.4, -0.2) is 0 Å². The number of hydrogen-bond acceptors (Lipinski definition) is 0. The highest BCUT2D eigenvalue weighted by Gasteiger charge is 1.96. The first-order valence-corrected chi connectivity index (χ1v) is 7.60. The zero-order valence-electron chi connectivity index (χ0n) is 13.2. The Morgan fingerprint density at radius 1 is 0.667 bits per heavy atom. The van der Waals surface area contributed by atoms with E-state index in [0.717, 1.165) is 5.02 Å². The lowest BCUT2D eigenvalue weighted by Gasteiger charge is -2.03. The fraction of sp³-hybridized carbons (Fsp3) is 0.400. The quantitative estimate of drug-likeness (QED) is 0.549. The van der Waals surface area contributed by atoms with E-state index in [9.17, 15) is 0 Å². The van der Waals surface area contributed by atoms with Crippen LogP contribution in [0, 0.1) is 6.92 Å². The fourth-order valence-electron chi connectivity index (χ4n) is 1.80. The molecule has 0 amide bonds. The SMILES string of the molecule is C.CC(C)c1ccc(Cl)cc1.Cc1ccc(C(C)C)cc1. The van der Waals surface area contributed by atoms with Crippen molar-refractivity contribution in [3.05, 3.63) is 70.2 Å². The van der Waals surface area contributed by atoms with Gasteiger partial charge < -0.3 is 0 Å². The van der Waals surface area contributed by atoms with Crippen LogP contribution in [0.2, 0.25) is 5.02 Å². The molecule has 21 heavy (non-hydrogen) atoms. The molecule has 0 saturated heterocycles. The van der Waals surface area contributed by atoms with Gasteiger partial charge in [-0.05, 0) is 42.0 Å². The average Bonchev–Trinajstić information content (AvgIpc) is 2.40. The summed E-state index contributed by atoms with van der Waals surface area (Å²) in [6.07, 6.45) is 0. The lowest BCUT2D eigenvalue weighted by molar-refractivity contribution is 0.866. The van der Waals surface area contributed by atoms with Crippen molar-refractivity contribution >= 4 is 11.6 Å². The smallest absolute Gasteiger partial charge is 0.0406 e. The molecule has 0 aromatic heterocycles. The summed E-state index contributed by atoms with van der Waals surface area (Å²) in [5.41, 5.74) is 4.10. The second-order valence-corrected chi connectivity index (χ2v) is 6.21. The van der Waals surface area contributed by atoms with Crippen molar-refractivity contribution in [1.29, 1.82) is 0 Å². The van der Waals surface area contributed by atoms with Crippen LogP contribution in [0.25, 0.3) is 0 Å². The highest BCUT2D eigenvalue weighted by molar-refractivity contribution is 6.30. The molecule has 0 aliphatic rings. The lowest BCUT2D eigenvalue weighted by Crippen LogP contribution is -1.85. The molecule has 0 N–H and O–H groups in total. The van der Waals surface area contributed by atoms with E-state index in [1.807, 2.05) is 12.1 Å². The molecular formula is C20H29Cl. The number of rotatable bonds is 2. The molecule has 0 atom stereocenters. The van der Waals surface area contributed by atoms with Crippen molar-refractivity contribution in [3.63, 3.8) is 0 Å². The first-order valence-electron chi connectivity index (χ1n) is 7.22. The van der Waals surface area contributed by atoms with Crippen LogP contribution in [0.1, 0.15) is 63.6 Å². The number of benzene rings is 2. The molecule has 1 heteroatoms. The van der Waals surface area contributed by atoms with Gasteiger partial charge in [-0.2, -0.15) is 0 Å². The summed E-state index contributed by atoms with van der Waals surface area (Å²) < 4.78 is 0. The summed E-state index contributed by atoms with van der Waals surface area (Å²) in [4.78, 5) is 0. The second-order valence-electron chi connectivity index (χ2n) is 5.77. The molecule has 0 nitrogen and oxygen atoms in total. The van der Waals surface area contributed by atoms with E-state index >= 15 is 0 Å². The van der Waals surface area contributed by atoms with E-state index in [1.54, 1.807) is 0 Å². The van der Waals surface area contributed by atoms with Crippen LogP contribution >= 0.6 is 11.6 Å². The van der Waals surface area contributed by atoms with Gasteiger partial charge in [0.25, 0.3) is 0 Å². The van der Waals surface area contributed by atoms with Crippen molar-refractivity contribution in [1.82, 2.24) is 0 Å². The molecule has 2 aromatic rings. The van der Waals surface area contributed by atoms with Crippen molar-refractivity contribution in [3.8, 4) is 0 Å². The number of hydrogen-bond donors (Lipinski definition) is 0. The normalized spacial score (nSPS) is 9.90. The molecule has 2 aromatic carbocycles. The van der Waals surface area contributed by atoms with Gasteiger partial charge in [0.1, 0.15) is 0 Å². The predicted octanol–water partition coefficient (Wildman–Crippen LogP) is 7.22. The van der Waals surface area contributed by atoms with Gasteiger partial charge in [-0.25, -0.2) is 0 Å². The van der Waals surface area contributed by atoms with Crippen LogP contribution < -0.4 is 0 Å². The van der Waals surface area contributed by atoms with Gasteiger partial charge in [-0.1, -0.05) is 88.7 Å². The minimum absolute atomic E-state index is 0. The Kier molecular flexibility index (Phi) is 9.05. The standard InChI is InChI=1S/C10H14.C9H11Cl.CH4/c1-8(2)10-6-4-9(3)5-7-10;1-7(2)8-3-5-9(10)6-4-8;/h4-8H,1-3H3;3-7H,1-2H3;1H4. The first-order chi connectivity index (χ1) is 9.40. The predicted molar refractivity (Wildman–Crippen MR) is 97.5 cm³/mol. The molecule has 0 saturated carbocycles. The van der Waals surface area contributed by atoms with Gasteiger partial charge >= 0.3 is 0 Å². The Labute approximate surface area is 136 Å². The topological polar surface area (TPSA) is 0 Å². The van der Waals surface area contributed by atoms with Crippen molar-refractivity contribution in [2.45, 2.75) is 53.9 Å². The van der Waals surface area contributed by atoms with E-state index in [-0.39, 0.29) is 7.43 Å². The largest absolute Gasteiger partial charge is 0.0843 e. The summed E-state index contributed by atoms with van der Waals surface area (Å²) >= 11 is 5.72. The van der Waals surface area contributed by atoms with Gasteiger partial charge in [0, 0.05) is 5.02 Å². The zero-order chi connectivity index (χ0) is 15.1. The Bertz CT molecular complexity index is 443. The van der Waals surface area contributed by atoms with Crippen LogP contribution in [0.5, 0.6) is 0 Å². The molecular weight excluding hydrogens is 276 g/mol. The molecule has 0 aliphatic heterocycles. The molecule has 0 radical (unpaired) electrons. The van der Waals surface area contributed by atoms with Crippen LogP contribution in [-0.2, 0) is 0 Å². The molecule has 0 bridgehead atoms. The highest BCUT2D eigenvalue weighted by atomic mass is 35.5. The number of aryl methyl sites for hydroxylation is 1. The van der Waals surface area contributed by atoms with Gasteiger partial charge in [-0.15, -0.1) is 0 Å². The third-order valence-electron chi connectivity index (χ3n) is 3.28. The number of halogens is 1. The van der Waals surface area contributed by atoms with Crippen LogP contribution in [0.15, 0.2) is 48.5 Å². The minimum atomic E-state index is 0. The Hall–Kier alpha value is -1.27. The summed E-state index contributed by atoms with van der Waals surface area (Å²) in [7, 11) is 0. The average molecular weight is 305 g/mol. The molecule has 0 fully saturated rings. The highest BCUT2D eigenvalue weighted by Crippen LogP contribution is 2.16. The maximum Gasteiger partial charge on any atom is 0.0406 e. The van der Waals surface area contributed by atoms with Crippen molar-refractivity contribution in [2.24, 2.45) is 0 Å². The van der Waals surface area contributed by atoms with E-state index < -0.39 is 0 Å². The van der Waals surface area contributed by atoms with Crippen LogP contribution in [0.3, 0.4) is 0 Å². The molecule has 0 aliphatic carbocycles. The molecule has 116 valence electrons. The summed E-state index contributed by atoms with van der Waals surface area (Å²) in [6.45, 7) is 10.9. The molecule has 0 unspecified atom stereocenters.